The second-order valence-electron chi connectivity index (χ2n) is 5.15. The molecular weight excluding hydrogens is 393 g/mol. The van der Waals surface area contributed by atoms with Crippen LogP contribution in [-0.4, -0.2) is 4.98 Å². The molecule has 0 atom stereocenters. The molecule has 0 saturated carbocycles. The van der Waals surface area contributed by atoms with Gasteiger partial charge in [0.05, 0.1) is 0 Å². The standard InChI is InChI=1S/C18H9BrFNO2S/c19-12-5-1-10(2-6-12)14-9-24-17-15(14)18(22)23-16(21-17)11-3-7-13(20)8-4-11/h1-9H. The number of rotatable bonds is 2. The summed E-state index contributed by atoms with van der Waals surface area (Å²) in [6, 6.07) is 13.4. The Morgan fingerprint density at radius 3 is 2.38 bits per heavy atom. The van der Waals surface area contributed by atoms with Crippen LogP contribution in [0.15, 0.2) is 67.6 Å². The van der Waals surface area contributed by atoms with E-state index in [0.717, 1.165) is 15.6 Å². The van der Waals surface area contributed by atoms with Gasteiger partial charge >= 0.3 is 5.63 Å². The van der Waals surface area contributed by atoms with Crippen molar-refractivity contribution in [1.82, 2.24) is 4.98 Å². The topological polar surface area (TPSA) is 43.1 Å². The normalized spacial score (nSPS) is 11.1. The van der Waals surface area contributed by atoms with E-state index in [-0.39, 0.29) is 11.7 Å². The minimum atomic E-state index is -0.446. The molecule has 6 heteroatoms. The van der Waals surface area contributed by atoms with Crippen molar-refractivity contribution in [2.24, 2.45) is 0 Å². The van der Waals surface area contributed by atoms with E-state index >= 15 is 0 Å². The first-order valence-corrected chi connectivity index (χ1v) is 8.73. The lowest BCUT2D eigenvalue weighted by Gasteiger charge is -2.01. The zero-order valence-corrected chi connectivity index (χ0v) is 14.5. The van der Waals surface area contributed by atoms with Crippen molar-refractivity contribution < 1.29 is 8.81 Å². The van der Waals surface area contributed by atoms with Gasteiger partial charge in [-0.1, -0.05) is 28.1 Å². The van der Waals surface area contributed by atoms with Crippen LogP contribution in [0.3, 0.4) is 0 Å². The fourth-order valence-electron chi connectivity index (χ4n) is 2.44. The summed E-state index contributed by atoms with van der Waals surface area (Å²) in [5.74, 6) is -0.160. The first-order chi connectivity index (χ1) is 11.6. The van der Waals surface area contributed by atoms with E-state index in [1.54, 1.807) is 0 Å². The molecule has 0 fully saturated rings. The molecule has 2 aromatic heterocycles. The molecule has 3 nitrogen and oxygen atoms in total. The maximum atomic E-state index is 13.0. The summed E-state index contributed by atoms with van der Waals surface area (Å²) in [5.41, 5.74) is 1.84. The molecule has 0 aliphatic carbocycles. The van der Waals surface area contributed by atoms with Gasteiger partial charge < -0.3 is 4.42 Å². The van der Waals surface area contributed by atoms with Gasteiger partial charge in [-0.05, 0) is 42.0 Å². The van der Waals surface area contributed by atoms with Gasteiger partial charge in [-0.3, -0.25) is 0 Å². The number of hydrogen-bond acceptors (Lipinski definition) is 4. The van der Waals surface area contributed by atoms with Gasteiger partial charge in [0.2, 0.25) is 5.89 Å². The third-order valence-corrected chi connectivity index (χ3v) is 5.02. The number of halogens is 2. The Balaban J connectivity index is 1.88. The van der Waals surface area contributed by atoms with E-state index in [9.17, 15) is 9.18 Å². The predicted octanol–water partition coefficient (Wildman–Crippen LogP) is 5.49. The molecule has 2 aromatic carbocycles. The van der Waals surface area contributed by atoms with Gasteiger partial charge in [-0.25, -0.2) is 14.2 Å². The molecule has 4 aromatic rings. The molecule has 24 heavy (non-hydrogen) atoms. The highest BCUT2D eigenvalue weighted by atomic mass is 79.9. The summed E-state index contributed by atoms with van der Waals surface area (Å²) < 4.78 is 19.4. The summed E-state index contributed by atoms with van der Waals surface area (Å²) in [5, 5.41) is 2.36. The number of benzene rings is 2. The zero-order valence-electron chi connectivity index (χ0n) is 12.1. The Kier molecular flexibility index (Phi) is 3.78. The number of aromatic nitrogens is 1. The maximum Gasteiger partial charge on any atom is 0.348 e. The van der Waals surface area contributed by atoms with E-state index in [0.29, 0.717) is 15.8 Å². The van der Waals surface area contributed by atoms with Crippen molar-refractivity contribution in [1.29, 1.82) is 0 Å². The molecular formula is C18H9BrFNO2S. The van der Waals surface area contributed by atoms with E-state index in [2.05, 4.69) is 20.9 Å². The molecule has 118 valence electrons. The van der Waals surface area contributed by atoms with Gasteiger partial charge in [-0.15, -0.1) is 11.3 Å². The van der Waals surface area contributed by atoms with Crippen molar-refractivity contribution in [2.45, 2.75) is 0 Å². The first kappa shape index (κ1) is 15.2. The van der Waals surface area contributed by atoms with Crippen LogP contribution >= 0.6 is 27.3 Å². The number of hydrogen-bond donors (Lipinski definition) is 0. The second kappa shape index (κ2) is 5.96. The van der Waals surface area contributed by atoms with Crippen LogP contribution in [0.5, 0.6) is 0 Å². The SMILES string of the molecule is O=c1oc(-c2ccc(F)cc2)nc2scc(-c3ccc(Br)cc3)c12. The molecule has 0 bridgehead atoms. The molecule has 0 radical (unpaired) electrons. The molecule has 0 amide bonds. The molecule has 0 N–H and O–H groups in total. The van der Waals surface area contributed by atoms with Crippen molar-refractivity contribution in [3.8, 4) is 22.6 Å². The van der Waals surface area contributed by atoms with Crippen LogP contribution in [0, 0.1) is 5.82 Å². The monoisotopic (exact) mass is 401 g/mol. The van der Waals surface area contributed by atoms with Crippen LogP contribution in [0.4, 0.5) is 4.39 Å². The highest BCUT2D eigenvalue weighted by Crippen LogP contribution is 2.32. The highest BCUT2D eigenvalue weighted by molar-refractivity contribution is 9.10. The molecule has 2 heterocycles. The smallest absolute Gasteiger partial charge is 0.348 e. The average molecular weight is 402 g/mol. The highest BCUT2D eigenvalue weighted by Gasteiger charge is 2.15. The van der Waals surface area contributed by atoms with Crippen LogP contribution in [0.2, 0.25) is 0 Å². The van der Waals surface area contributed by atoms with Gasteiger partial charge in [0.15, 0.2) is 0 Å². The van der Waals surface area contributed by atoms with E-state index in [1.165, 1.54) is 35.6 Å². The molecule has 0 spiro atoms. The maximum absolute atomic E-state index is 13.0. The minimum absolute atomic E-state index is 0.191. The lowest BCUT2D eigenvalue weighted by Crippen LogP contribution is -2.02. The molecule has 0 aliphatic heterocycles. The zero-order chi connectivity index (χ0) is 16.7. The summed E-state index contributed by atoms with van der Waals surface area (Å²) in [6.07, 6.45) is 0. The summed E-state index contributed by atoms with van der Waals surface area (Å²) in [7, 11) is 0. The van der Waals surface area contributed by atoms with Crippen molar-refractivity contribution in [3.05, 3.63) is 74.6 Å². The largest absolute Gasteiger partial charge is 0.403 e. The van der Waals surface area contributed by atoms with Crippen molar-refractivity contribution in [3.63, 3.8) is 0 Å². The molecule has 0 unspecified atom stereocenters. The van der Waals surface area contributed by atoms with Gasteiger partial charge in [0.25, 0.3) is 0 Å². The number of nitrogens with zero attached hydrogens (tertiary/aromatic N) is 1. The second-order valence-corrected chi connectivity index (χ2v) is 6.92. The lowest BCUT2D eigenvalue weighted by molar-refractivity contribution is 0.519. The summed E-state index contributed by atoms with van der Waals surface area (Å²) >= 11 is 4.78. The van der Waals surface area contributed by atoms with Crippen LogP contribution in [0.25, 0.3) is 32.8 Å². The molecule has 0 saturated heterocycles. The van der Waals surface area contributed by atoms with Gasteiger partial charge in [-0.2, -0.15) is 0 Å². The Morgan fingerprint density at radius 2 is 1.67 bits per heavy atom. The molecule has 4 rings (SSSR count). The number of fused-ring (bicyclic) bond motifs is 1. The third kappa shape index (κ3) is 2.68. The van der Waals surface area contributed by atoms with Gasteiger partial charge in [0.1, 0.15) is 16.0 Å². The van der Waals surface area contributed by atoms with Crippen LogP contribution < -0.4 is 5.63 Å². The lowest BCUT2D eigenvalue weighted by atomic mass is 10.1. The van der Waals surface area contributed by atoms with Crippen LogP contribution in [0.1, 0.15) is 0 Å². The summed E-state index contributed by atoms with van der Waals surface area (Å²) in [4.78, 5) is 17.5. The number of thiophene rings is 1. The Labute approximate surface area is 148 Å². The van der Waals surface area contributed by atoms with Crippen molar-refractivity contribution in [2.75, 3.05) is 0 Å². The average Bonchev–Trinajstić information content (AvgIpc) is 3.01. The fourth-order valence-corrected chi connectivity index (χ4v) is 3.63. The Morgan fingerprint density at radius 1 is 1.00 bits per heavy atom. The first-order valence-electron chi connectivity index (χ1n) is 7.06. The van der Waals surface area contributed by atoms with Gasteiger partial charge in [0, 0.05) is 21.0 Å². The Bertz CT molecular complexity index is 1080. The molecule has 0 aliphatic rings. The van der Waals surface area contributed by atoms with E-state index in [1.807, 2.05) is 29.6 Å². The van der Waals surface area contributed by atoms with E-state index < -0.39 is 5.63 Å². The van der Waals surface area contributed by atoms with Crippen LogP contribution in [-0.2, 0) is 0 Å². The summed E-state index contributed by atoms with van der Waals surface area (Å²) in [6.45, 7) is 0. The van der Waals surface area contributed by atoms with Crippen molar-refractivity contribution >= 4 is 37.5 Å². The minimum Gasteiger partial charge on any atom is -0.403 e. The van der Waals surface area contributed by atoms with E-state index in [4.69, 9.17) is 4.42 Å². The predicted molar refractivity (Wildman–Crippen MR) is 96.7 cm³/mol. The Hall–Kier alpha value is -2.31. The fraction of sp³-hybridized carbons (Fsp3) is 0. The third-order valence-electron chi connectivity index (χ3n) is 3.61. The quantitative estimate of drug-likeness (QED) is 0.446.